The number of ether oxygens (including phenoxy) is 2. The van der Waals surface area contributed by atoms with E-state index in [4.69, 9.17) is 4.74 Å². The lowest BCUT2D eigenvalue weighted by atomic mass is 10.0. The molecule has 4 rings (SSSR count). The SMILES string of the molecule is CCOC(=O)c1c(NC(=O)c2cc(C(=O)OC)cc([N+](=O)[O-])c2)sc2c1CCN(Cc1ccccc1)C2. The summed E-state index contributed by atoms with van der Waals surface area (Å²) in [6.07, 6.45) is 0.603. The molecule has 1 aliphatic rings. The number of anilines is 1. The number of carbonyl (C=O) groups excluding carboxylic acids is 3. The number of hydrogen-bond acceptors (Lipinski definition) is 9. The van der Waals surface area contributed by atoms with E-state index < -0.39 is 28.5 Å². The van der Waals surface area contributed by atoms with Gasteiger partial charge in [-0.1, -0.05) is 30.3 Å². The lowest BCUT2D eigenvalue weighted by molar-refractivity contribution is -0.384. The minimum Gasteiger partial charge on any atom is -0.465 e. The number of thiophene rings is 1. The summed E-state index contributed by atoms with van der Waals surface area (Å²) < 4.78 is 9.92. The third-order valence-corrected chi connectivity index (χ3v) is 7.04. The Morgan fingerprint density at radius 2 is 1.84 bits per heavy atom. The second-order valence-electron chi connectivity index (χ2n) is 8.35. The molecule has 0 atom stereocenters. The molecule has 0 fully saturated rings. The van der Waals surface area contributed by atoms with Gasteiger partial charge in [0.05, 0.1) is 29.8 Å². The third kappa shape index (κ3) is 5.84. The van der Waals surface area contributed by atoms with Crippen molar-refractivity contribution in [1.82, 2.24) is 4.90 Å². The van der Waals surface area contributed by atoms with Gasteiger partial charge in [0.2, 0.25) is 0 Å². The molecule has 3 aromatic rings. The molecule has 192 valence electrons. The zero-order chi connectivity index (χ0) is 26.5. The van der Waals surface area contributed by atoms with Crippen molar-refractivity contribution in [3.8, 4) is 0 Å². The highest BCUT2D eigenvalue weighted by Crippen LogP contribution is 2.38. The summed E-state index contributed by atoms with van der Waals surface area (Å²) >= 11 is 1.28. The highest BCUT2D eigenvalue weighted by Gasteiger charge is 2.30. The molecule has 1 aromatic heterocycles. The molecule has 0 spiro atoms. The number of nitro groups is 1. The maximum absolute atomic E-state index is 13.2. The summed E-state index contributed by atoms with van der Waals surface area (Å²) in [5.74, 6) is -2.05. The maximum Gasteiger partial charge on any atom is 0.341 e. The van der Waals surface area contributed by atoms with Crippen LogP contribution in [0.25, 0.3) is 0 Å². The van der Waals surface area contributed by atoms with E-state index in [0.29, 0.717) is 23.5 Å². The lowest BCUT2D eigenvalue weighted by Crippen LogP contribution is -2.29. The van der Waals surface area contributed by atoms with Crippen molar-refractivity contribution in [2.24, 2.45) is 0 Å². The molecule has 1 aliphatic heterocycles. The van der Waals surface area contributed by atoms with Gasteiger partial charge in [-0.3, -0.25) is 19.8 Å². The number of nitrogens with zero attached hydrogens (tertiary/aromatic N) is 2. The van der Waals surface area contributed by atoms with E-state index in [9.17, 15) is 24.5 Å². The zero-order valence-electron chi connectivity index (χ0n) is 20.3. The van der Waals surface area contributed by atoms with Crippen LogP contribution in [0.2, 0.25) is 0 Å². The number of esters is 2. The van der Waals surface area contributed by atoms with Crippen LogP contribution in [-0.2, 0) is 29.0 Å². The van der Waals surface area contributed by atoms with Crippen LogP contribution in [0.3, 0.4) is 0 Å². The van der Waals surface area contributed by atoms with E-state index in [1.54, 1.807) is 6.92 Å². The first-order valence-corrected chi connectivity index (χ1v) is 12.4. The van der Waals surface area contributed by atoms with Gasteiger partial charge in [-0.05, 0) is 30.5 Å². The van der Waals surface area contributed by atoms with Gasteiger partial charge in [0, 0.05) is 42.2 Å². The third-order valence-electron chi connectivity index (χ3n) is 5.90. The minimum absolute atomic E-state index is 0.110. The van der Waals surface area contributed by atoms with Crippen LogP contribution >= 0.6 is 11.3 Å². The van der Waals surface area contributed by atoms with Crippen LogP contribution in [0, 0.1) is 10.1 Å². The molecule has 2 heterocycles. The van der Waals surface area contributed by atoms with Crippen LogP contribution in [0.5, 0.6) is 0 Å². The van der Waals surface area contributed by atoms with Crippen LogP contribution in [-0.4, -0.2) is 47.9 Å². The molecule has 0 radical (unpaired) electrons. The molecule has 2 aromatic carbocycles. The van der Waals surface area contributed by atoms with Crippen LogP contribution in [0.1, 0.15) is 54.0 Å². The summed E-state index contributed by atoms with van der Waals surface area (Å²) in [4.78, 5) is 51.9. The average Bonchev–Trinajstić information content (AvgIpc) is 3.25. The van der Waals surface area contributed by atoms with Crippen molar-refractivity contribution in [2.75, 3.05) is 25.6 Å². The number of hydrogen-bond donors (Lipinski definition) is 1. The van der Waals surface area contributed by atoms with Crippen molar-refractivity contribution in [2.45, 2.75) is 26.4 Å². The lowest BCUT2D eigenvalue weighted by Gasteiger charge is -2.27. The number of nitro benzene ring substituents is 1. The normalized spacial score (nSPS) is 12.9. The number of non-ortho nitro benzene ring substituents is 1. The van der Waals surface area contributed by atoms with Gasteiger partial charge in [0.25, 0.3) is 11.6 Å². The average molecular weight is 524 g/mol. The standard InChI is InChI=1S/C26H25N3O7S/c1-3-36-26(32)22-20-9-10-28(14-16-7-5-4-6-8-16)15-21(20)37-24(22)27-23(30)17-11-18(25(31)35-2)13-19(12-17)29(33)34/h4-8,11-13H,3,9-10,14-15H2,1-2H3,(H,27,30). The first-order valence-electron chi connectivity index (χ1n) is 11.6. The quantitative estimate of drug-likeness (QED) is 0.261. The molecular formula is C26H25N3O7S. The summed E-state index contributed by atoms with van der Waals surface area (Å²) in [5.41, 5.74) is 1.64. The fourth-order valence-corrected chi connectivity index (χ4v) is 5.47. The van der Waals surface area contributed by atoms with Crippen molar-refractivity contribution in [1.29, 1.82) is 0 Å². The Morgan fingerprint density at radius 3 is 2.51 bits per heavy atom. The number of fused-ring (bicyclic) bond motifs is 1. The van der Waals surface area contributed by atoms with Gasteiger partial charge < -0.3 is 14.8 Å². The number of rotatable bonds is 8. The number of nitrogens with one attached hydrogen (secondary N) is 1. The minimum atomic E-state index is -0.810. The largest absolute Gasteiger partial charge is 0.465 e. The van der Waals surface area contributed by atoms with Gasteiger partial charge in [-0.2, -0.15) is 0 Å². The number of carbonyl (C=O) groups is 3. The first kappa shape index (κ1) is 26.0. The van der Waals surface area contributed by atoms with Gasteiger partial charge >= 0.3 is 11.9 Å². The molecule has 1 amide bonds. The number of amides is 1. The molecular weight excluding hydrogens is 498 g/mol. The molecule has 0 aliphatic carbocycles. The summed E-state index contributed by atoms with van der Waals surface area (Å²) in [6, 6.07) is 13.4. The van der Waals surface area contributed by atoms with Gasteiger partial charge in [0.1, 0.15) is 5.00 Å². The van der Waals surface area contributed by atoms with E-state index in [1.165, 1.54) is 23.0 Å². The van der Waals surface area contributed by atoms with Crippen molar-refractivity contribution in [3.63, 3.8) is 0 Å². The molecule has 1 N–H and O–H groups in total. The molecule has 0 saturated heterocycles. The summed E-state index contributed by atoms with van der Waals surface area (Å²) in [5, 5.41) is 14.4. The smallest absolute Gasteiger partial charge is 0.341 e. The fraction of sp³-hybridized carbons (Fsp3) is 0.269. The monoisotopic (exact) mass is 523 g/mol. The number of methoxy groups -OCH3 is 1. The Morgan fingerprint density at radius 1 is 1.11 bits per heavy atom. The van der Waals surface area contributed by atoms with Crippen LogP contribution in [0.4, 0.5) is 10.7 Å². The molecule has 0 unspecified atom stereocenters. The van der Waals surface area contributed by atoms with Crippen molar-refractivity contribution < 1.29 is 28.8 Å². The fourth-order valence-electron chi connectivity index (χ4n) is 4.20. The summed E-state index contributed by atoms with van der Waals surface area (Å²) in [7, 11) is 1.14. The Balaban J connectivity index is 1.64. The van der Waals surface area contributed by atoms with Crippen molar-refractivity contribution in [3.05, 3.63) is 91.3 Å². The molecule has 0 saturated carbocycles. The van der Waals surface area contributed by atoms with Crippen LogP contribution < -0.4 is 5.32 Å². The second kappa shape index (κ2) is 11.3. The Labute approximate surface area is 217 Å². The van der Waals surface area contributed by atoms with Gasteiger partial charge in [0.15, 0.2) is 0 Å². The molecule has 0 bridgehead atoms. The van der Waals surface area contributed by atoms with E-state index in [2.05, 4.69) is 27.1 Å². The van der Waals surface area contributed by atoms with E-state index in [0.717, 1.165) is 42.8 Å². The van der Waals surface area contributed by atoms with E-state index in [-0.39, 0.29) is 17.7 Å². The molecule has 10 nitrogen and oxygen atoms in total. The predicted octanol–water partition coefficient (Wildman–Crippen LogP) is 4.43. The van der Waals surface area contributed by atoms with E-state index >= 15 is 0 Å². The van der Waals surface area contributed by atoms with Crippen molar-refractivity contribution >= 4 is 39.9 Å². The topological polar surface area (TPSA) is 128 Å². The van der Waals surface area contributed by atoms with Gasteiger partial charge in [-0.15, -0.1) is 11.3 Å². The van der Waals surface area contributed by atoms with Crippen LogP contribution in [0.15, 0.2) is 48.5 Å². The highest BCUT2D eigenvalue weighted by molar-refractivity contribution is 7.17. The van der Waals surface area contributed by atoms with E-state index in [1.807, 2.05) is 18.2 Å². The first-order chi connectivity index (χ1) is 17.8. The Hall–Kier alpha value is -4.09. The highest BCUT2D eigenvalue weighted by atomic mass is 32.1. The summed E-state index contributed by atoms with van der Waals surface area (Å²) in [6.45, 7) is 3.95. The number of benzene rings is 2. The zero-order valence-corrected chi connectivity index (χ0v) is 21.1. The Kier molecular flexibility index (Phi) is 7.95. The maximum atomic E-state index is 13.2. The second-order valence-corrected chi connectivity index (χ2v) is 9.45. The van der Waals surface area contributed by atoms with Gasteiger partial charge in [-0.25, -0.2) is 9.59 Å². The molecule has 11 heteroatoms. The Bertz CT molecular complexity index is 1350. The predicted molar refractivity (Wildman–Crippen MR) is 137 cm³/mol. The molecule has 37 heavy (non-hydrogen) atoms.